The predicted octanol–water partition coefficient (Wildman–Crippen LogP) is 1.85. The van der Waals surface area contributed by atoms with Crippen LogP contribution in [0.5, 0.6) is 0 Å². The number of ether oxygens (including phenoxy) is 1. The van der Waals surface area contributed by atoms with E-state index in [1.54, 1.807) is 20.8 Å². The van der Waals surface area contributed by atoms with Crippen LogP contribution in [0.4, 0.5) is 14.0 Å². The fraction of sp³-hybridized carbons (Fsp3) is 0.833. The molecule has 0 spiro atoms. The van der Waals surface area contributed by atoms with E-state index in [0.717, 1.165) is 4.90 Å². The number of alkyl halides is 1. The number of nitrogens with one attached hydrogen (secondary N) is 1. The summed E-state index contributed by atoms with van der Waals surface area (Å²) in [6.07, 6.45) is -1.30. The van der Waals surface area contributed by atoms with Crippen LogP contribution >= 0.6 is 0 Å². The van der Waals surface area contributed by atoms with Gasteiger partial charge in [0.2, 0.25) is 0 Å². The third-order valence-electron chi connectivity index (χ3n) is 2.75. The lowest BCUT2D eigenvalue weighted by molar-refractivity contribution is 0.0436. The van der Waals surface area contributed by atoms with Gasteiger partial charge in [-0.1, -0.05) is 0 Å². The standard InChI is InChI=1S/C12H21FN2O4/c1-12(2,3)19-10(16)14-9-4-8(5-13)6-15(7-9)11(17)18/h8-9H,4-7H2,1-3H3,(H,14,16)(H,17,18). The predicted molar refractivity (Wildman–Crippen MR) is 66.8 cm³/mol. The van der Waals surface area contributed by atoms with Crippen molar-refractivity contribution >= 4 is 12.2 Å². The highest BCUT2D eigenvalue weighted by atomic mass is 19.1. The van der Waals surface area contributed by atoms with Gasteiger partial charge in [-0.05, 0) is 27.2 Å². The summed E-state index contributed by atoms with van der Waals surface area (Å²) in [4.78, 5) is 23.7. The minimum atomic E-state index is -1.10. The average molecular weight is 276 g/mol. The van der Waals surface area contributed by atoms with Gasteiger partial charge in [0.25, 0.3) is 0 Å². The summed E-state index contributed by atoms with van der Waals surface area (Å²) < 4.78 is 17.8. The number of carboxylic acid groups (broad SMARTS) is 1. The van der Waals surface area contributed by atoms with Crippen molar-refractivity contribution in [2.24, 2.45) is 5.92 Å². The first-order valence-corrected chi connectivity index (χ1v) is 6.24. The van der Waals surface area contributed by atoms with Crippen LogP contribution in [0, 0.1) is 5.92 Å². The van der Waals surface area contributed by atoms with Crippen LogP contribution in [0.3, 0.4) is 0 Å². The first-order valence-electron chi connectivity index (χ1n) is 6.24. The van der Waals surface area contributed by atoms with Gasteiger partial charge in [0.05, 0.1) is 12.7 Å². The Morgan fingerprint density at radius 2 is 2.05 bits per heavy atom. The molecule has 19 heavy (non-hydrogen) atoms. The minimum absolute atomic E-state index is 0.158. The Morgan fingerprint density at radius 3 is 2.53 bits per heavy atom. The SMILES string of the molecule is CC(C)(C)OC(=O)NC1CC(CF)CN(C(=O)O)C1. The Labute approximate surface area is 111 Å². The molecule has 0 aromatic rings. The number of alkyl carbamates (subject to hydrolysis) is 1. The molecule has 1 heterocycles. The summed E-state index contributed by atoms with van der Waals surface area (Å²) in [6.45, 7) is 4.93. The number of rotatable bonds is 2. The van der Waals surface area contributed by atoms with Crippen molar-refractivity contribution in [2.75, 3.05) is 19.8 Å². The van der Waals surface area contributed by atoms with Gasteiger partial charge in [0.1, 0.15) is 5.60 Å². The highest BCUT2D eigenvalue weighted by Crippen LogP contribution is 2.18. The van der Waals surface area contributed by atoms with Crippen LogP contribution in [0.2, 0.25) is 0 Å². The maximum absolute atomic E-state index is 12.7. The zero-order chi connectivity index (χ0) is 14.6. The van der Waals surface area contributed by atoms with E-state index in [2.05, 4.69) is 5.32 Å². The van der Waals surface area contributed by atoms with Crippen LogP contribution in [0.1, 0.15) is 27.2 Å². The van der Waals surface area contributed by atoms with Crippen molar-refractivity contribution in [3.05, 3.63) is 0 Å². The Bertz CT molecular complexity index is 343. The first-order chi connectivity index (χ1) is 8.71. The molecule has 1 saturated heterocycles. The summed E-state index contributed by atoms with van der Waals surface area (Å²) in [7, 11) is 0. The van der Waals surface area contributed by atoms with Gasteiger partial charge in [-0.15, -0.1) is 0 Å². The van der Waals surface area contributed by atoms with E-state index >= 15 is 0 Å². The van der Waals surface area contributed by atoms with Crippen LogP contribution in [0.15, 0.2) is 0 Å². The largest absolute Gasteiger partial charge is 0.465 e. The topological polar surface area (TPSA) is 78.9 Å². The fourth-order valence-electron chi connectivity index (χ4n) is 2.05. The normalized spacial score (nSPS) is 23.9. The molecule has 110 valence electrons. The molecule has 1 rings (SSSR count). The molecule has 1 aliphatic rings. The number of carbonyl (C=O) groups excluding carboxylic acids is 1. The smallest absolute Gasteiger partial charge is 0.407 e. The Morgan fingerprint density at radius 1 is 1.42 bits per heavy atom. The summed E-state index contributed by atoms with van der Waals surface area (Å²) in [5.74, 6) is -0.384. The molecular formula is C12H21FN2O4. The molecule has 2 N–H and O–H groups in total. The molecule has 2 atom stereocenters. The molecule has 0 aromatic carbocycles. The molecule has 2 unspecified atom stereocenters. The molecule has 7 heteroatoms. The molecule has 0 aliphatic carbocycles. The van der Waals surface area contributed by atoms with Gasteiger partial charge in [0.15, 0.2) is 0 Å². The van der Waals surface area contributed by atoms with E-state index < -0.39 is 30.5 Å². The Balaban J connectivity index is 2.56. The minimum Gasteiger partial charge on any atom is -0.465 e. The summed E-state index contributed by atoms with van der Waals surface area (Å²) in [6, 6.07) is -0.416. The van der Waals surface area contributed by atoms with Crippen molar-refractivity contribution in [1.82, 2.24) is 10.2 Å². The number of amides is 2. The number of hydrogen-bond donors (Lipinski definition) is 2. The van der Waals surface area contributed by atoms with Gasteiger partial charge in [-0.2, -0.15) is 0 Å². The van der Waals surface area contributed by atoms with Crippen molar-refractivity contribution < 1.29 is 23.8 Å². The van der Waals surface area contributed by atoms with E-state index in [4.69, 9.17) is 9.84 Å². The zero-order valence-corrected chi connectivity index (χ0v) is 11.5. The van der Waals surface area contributed by atoms with Gasteiger partial charge < -0.3 is 20.1 Å². The number of likely N-dealkylation sites (tertiary alicyclic amines) is 1. The fourth-order valence-corrected chi connectivity index (χ4v) is 2.05. The summed E-state index contributed by atoms with van der Waals surface area (Å²) in [5, 5.41) is 11.5. The third-order valence-corrected chi connectivity index (χ3v) is 2.75. The highest BCUT2D eigenvalue weighted by Gasteiger charge is 2.31. The van der Waals surface area contributed by atoms with Gasteiger partial charge in [-0.3, -0.25) is 4.39 Å². The number of nitrogens with zero attached hydrogens (tertiary/aromatic N) is 1. The maximum atomic E-state index is 12.7. The van der Waals surface area contributed by atoms with Crippen molar-refractivity contribution in [1.29, 1.82) is 0 Å². The van der Waals surface area contributed by atoms with Gasteiger partial charge in [0, 0.05) is 19.0 Å². The lowest BCUT2D eigenvalue weighted by atomic mass is 9.96. The lowest BCUT2D eigenvalue weighted by Crippen LogP contribution is -2.53. The second-order valence-electron chi connectivity index (χ2n) is 5.79. The molecule has 1 fully saturated rings. The molecule has 2 amide bonds. The van der Waals surface area contributed by atoms with Crippen molar-refractivity contribution in [3.8, 4) is 0 Å². The lowest BCUT2D eigenvalue weighted by Gasteiger charge is -2.35. The van der Waals surface area contributed by atoms with Gasteiger partial charge >= 0.3 is 12.2 Å². The quantitative estimate of drug-likeness (QED) is 0.806. The van der Waals surface area contributed by atoms with Crippen LogP contribution < -0.4 is 5.32 Å². The molecule has 0 radical (unpaired) electrons. The summed E-state index contributed by atoms with van der Waals surface area (Å²) in [5.41, 5.74) is -0.620. The van der Waals surface area contributed by atoms with Gasteiger partial charge in [-0.25, -0.2) is 9.59 Å². The maximum Gasteiger partial charge on any atom is 0.407 e. The number of hydrogen-bond acceptors (Lipinski definition) is 3. The molecule has 0 aromatic heterocycles. The van der Waals surface area contributed by atoms with Crippen molar-refractivity contribution in [2.45, 2.75) is 38.8 Å². The Kier molecular flexibility index (Phi) is 4.97. The Hall–Kier alpha value is -1.53. The molecular weight excluding hydrogens is 255 g/mol. The van der Waals surface area contributed by atoms with E-state index in [1.807, 2.05) is 0 Å². The number of carbonyl (C=O) groups is 2. The second kappa shape index (κ2) is 6.08. The third kappa shape index (κ3) is 5.32. The monoisotopic (exact) mass is 276 g/mol. The second-order valence-corrected chi connectivity index (χ2v) is 5.79. The molecule has 6 nitrogen and oxygen atoms in total. The highest BCUT2D eigenvalue weighted by molar-refractivity contribution is 5.69. The number of piperidine rings is 1. The van der Waals surface area contributed by atoms with E-state index in [-0.39, 0.29) is 19.0 Å². The van der Waals surface area contributed by atoms with Crippen molar-refractivity contribution in [3.63, 3.8) is 0 Å². The van der Waals surface area contributed by atoms with Crippen LogP contribution in [0.25, 0.3) is 0 Å². The zero-order valence-electron chi connectivity index (χ0n) is 11.5. The molecule has 0 saturated carbocycles. The van der Waals surface area contributed by atoms with E-state index in [0.29, 0.717) is 6.42 Å². The van der Waals surface area contributed by atoms with Crippen LogP contribution in [-0.2, 0) is 4.74 Å². The molecule has 1 aliphatic heterocycles. The van der Waals surface area contributed by atoms with Crippen LogP contribution in [-0.4, -0.2) is 53.6 Å². The first kappa shape index (κ1) is 15.5. The van der Waals surface area contributed by atoms with E-state index in [9.17, 15) is 14.0 Å². The average Bonchev–Trinajstić information content (AvgIpc) is 2.25. The van der Waals surface area contributed by atoms with E-state index in [1.165, 1.54) is 0 Å². The number of halogens is 1. The molecule has 0 bridgehead atoms. The summed E-state index contributed by atoms with van der Waals surface area (Å²) >= 11 is 0.